The SMILES string of the molecule is COc1ccc(S(=O)(=O)N(CC(=O)Nc2nnc(SCC(C)C)s2)c2ccc(C)cc2)cc1. The van der Waals surface area contributed by atoms with Gasteiger partial charge in [-0.15, -0.1) is 10.2 Å². The van der Waals surface area contributed by atoms with Gasteiger partial charge < -0.3 is 4.74 Å². The van der Waals surface area contributed by atoms with Crippen LogP contribution in [0.1, 0.15) is 19.4 Å². The van der Waals surface area contributed by atoms with E-state index in [1.54, 1.807) is 48.2 Å². The number of thioether (sulfide) groups is 1. The number of methoxy groups -OCH3 is 1. The van der Waals surface area contributed by atoms with Gasteiger partial charge in [0.15, 0.2) is 4.34 Å². The average molecular weight is 507 g/mol. The van der Waals surface area contributed by atoms with Crippen LogP contribution in [0.5, 0.6) is 5.75 Å². The zero-order chi connectivity index (χ0) is 24.0. The van der Waals surface area contributed by atoms with E-state index in [2.05, 4.69) is 29.4 Å². The predicted octanol–water partition coefficient (Wildman–Crippen LogP) is 4.44. The summed E-state index contributed by atoms with van der Waals surface area (Å²) in [4.78, 5) is 12.9. The summed E-state index contributed by atoms with van der Waals surface area (Å²) < 4.78 is 33.8. The van der Waals surface area contributed by atoms with Gasteiger partial charge in [0, 0.05) is 5.75 Å². The van der Waals surface area contributed by atoms with Crippen molar-refractivity contribution in [2.45, 2.75) is 30.0 Å². The maximum Gasteiger partial charge on any atom is 0.264 e. The normalized spacial score (nSPS) is 11.4. The number of aromatic nitrogens is 2. The minimum atomic E-state index is -4.01. The van der Waals surface area contributed by atoms with Gasteiger partial charge in [0.1, 0.15) is 12.3 Å². The van der Waals surface area contributed by atoms with Crippen LogP contribution in [0.15, 0.2) is 57.8 Å². The first-order valence-electron chi connectivity index (χ1n) is 10.2. The number of aryl methyl sites for hydroxylation is 1. The Morgan fingerprint density at radius 2 is 1.79 bits per heavy atom. The minimum absolute atomic E-state index is 0.0555. The highest BCUT2D eigenvalue weighted by Crippen LogP contribution is 2.28. The van der Waals surface area contributed by atoms with Crippen molar-refractivity contribution in [3.8, 4) is 5.75 Å². The first-order chi connectivity index (χ1) is 15.7. The quantitative estimate of drug-likeness (QED) is 0.320. The van der Waals surface area contributed by atoms with Gasteiger partial charge in [0.2, 0.25) is 11.0 Å². The zero-order valence-electron chi connectivity index (χ0n) is 18.8. The third-order valence-corrected chi connectivity index (χ3v) is 8.64. The monoisotopic (exact) mass is 506 g/mol. The molecule has 3 rings (SSSR count). The van der Waals surface area contributed by atoms with E-state index >= 15 is 0 Å². The van der Waals surface area contributed by atoms with Crippen LogP contribution in [0.25, 0.3) is 0 Å². The van der Waals surface area contributed by atoms with E-state index in [1.165, 1.54) is 30.6 Å². The number of hydrogen-bond donors (Lipinski definition) is 1. The van der Waals surface area contributed by atoms with Gasteiger partial charge >= 0.3 is 0 Å². The molecule has 0 saturated carbocycles. The molecule has 0 unspecified atom stereocenters. The van der Waals surface area contributed by atoms with Crippen molar-refractivity contribution in [2.75, 3.05) is 29.0 Å². The fourth-order valence-electron chi connectivity index (χ4n) is 2.75. The van der Waals surface area contributed by atoms with Crippen LogP contribution in [-0.4, -0.2) is 43.9 Å². The zero-order valence-corrected chi connectivity index (χ0v) is 21.3. The summed E-state index contributed by atoms with van der Waals surface area (Å²) in [5.41, 5.74) is 1.36. The van der Waals surface area contributed by atoms with Gasteiger partial charge in [-0.05, 0) is 49.2 Å². The Balaban J connectivity index is 1.82. The smallest absolute Gasteiger partial charge is 0.264 e. The molecule has 0 spiro atoms. The topological polar surface area (TPSA) is 101 Å². The predicted molar refractivity (Wildman–Crippen MR) is 133 cm³/mol. The molecule has 0 bridgehead atoms. The standard InChI is InChI=1S/C22H26N4O4S3/c1-15(2)14-31-22-25-24-21(32-22)23-20(27)13-26(17-7-5-16(3)6-8-17)33(28,29)19-11-9-18(30-4)10-12-19/h5-12,15H,13-14H2,1-4H3,(H,23,24,27). The molecule has 176 valence electrons. The first-order valence-corrected chi connectivity index (χ1v) is 13.4. The number of anilines is 2. The summed E-state index contributed by atoms with van der Waals surface area (Å²) in [6, 6.07) is 13.0. The van der Waals surface area contributed by atoms with Crippen molar-refractivity contribution in [2.24, 2.45) is 5.92 Å². The number of amides is 1. The highest BCUT2D eigenvalue weighted by molar-refractivity contribution is 8.01. The van der Waals surface area contributed by atoms with Crippen molar-refractivity contribution in [3.63, 3.8) is 0 Å². The number of ether oxygens (including phenoxy) is 1. The van der Waals surface area contributed by atoms with Crippen LogP contribution < -0.4 is 14.4 Å². The second-order valence-corrected chi connectivity index (χ2v) is 11.8. The van der Waals surface area contributed by atoms with Crippen molar-refractivity contribution in [1.82, 2.24) is 10.2 Å². The summed E-state index contributed by atoms with van der Waals surface area (Å²) in [6.07, 6.45) is 0. The van der Waals surface area contributed by atoms with Gasteiger partial charge in [-0.25, -0.2) is 8.42 Å². The van der Waals surface area contributed by atoms with Crippen molar-refractivity contribution in [3.05, 3.63) is 54.1 Å². The summed E-state index contributed by atoms with van der Waals surface area (Å²) >= 11 is 2.83. The third-order valence-electron chi connectivity index (χ3n) is 4.45. The Kier molecular flexibility index (Phi) is 8.33. The molecule has 8 nitrogen and oxygen atoms in total. The maximum absolute atomic E-state index is 13.4. The molecule has 1 aromatic heterocycles. The molecule has 1 heterocycles. The van der Waals surface area contributed by atoms with E-state index in [9.17, 15) is 13.2 Å². The van der Waals surface area contributed by atoms with Crippen molar-refractivity contribution in [1.29, 1.82) is 0 Å². The lowest BCUT2D eigenvalue weighted by Crippen LogP contribution is -2.38. The molecular weight excluding hydrogens is 480 g/mol. The van der Waals surface area contributed by atoms with Crippen LogP contribution in [0, 0.1) is 12.8 Å². The summed E-state index contributed by atoms with van der Waals surface area (Å²) in [5.74, 6) is 1.42. The second kappa shape index (κ2) is 11.0. The van der Waals surface area contributed by atoms with Crippen LogP contribution in [0.3, 0.4) is 0 Å². The lowest BCUT2D eigenvalue weighted by Gasteiger charge is -2.24. The van der Waals surface area contributed by atoms with E-state index in [0.29, 0.717) is 22.5 Å². The molecule has 33 heavy (non-hydrogen) atoms. The van der Waals surface area contributed by atoms with E-state index in [4.69, 9.17) is 4.74 Å². The molecule has 0 atom stereocenters. The summed E-state index contributed by atoms with van der Waals surface area (Å²) in [7, 11) is -2.51. The van der Waals surface area contributed by atoms with Crippen LogP contribution in [-0.2, 0) is 14.8 Å². The first kappa shape index (κ1) is 25.0. The van der Waals surface area contributed by atoms with Gasteiger partial charge in [0.05, 0.1) is 17.7 Å². The number of benzene rings is 2. The van der Waals surface area contributed by atoms with Crippen LogP contribution in [0.2, 0.25) is 0 Å². The molecule has 0 aliphatic heterocycles. The second-order valence-electron chi connectivity index (χ2n) is 7.65. The molecule has 0 aliphatic rings. The van der Waals surface area contributed by atoms with Gasteiger partial charge in [0.25, 0.3) is 10.0 Å². The fourth-order valence-corrected chi connectivity index (χ4v) is 5.91. The number of carbonyl (C=O) groups excluding carboxylic acids is 1. The Morgan fingerprint density at radius 1 is 1.12 bits per heavy atom. The molecule has 2 aromatic carbocycles. The Morgan fingerprint density at radius 3 is 2.39 bits per heavy atom. The largest absolute Gasteiger partial charge is 0.497 e. The molecule has 0 saturated heterocycles. The van der Waals surface area contributed by atoms with Crippen molar-refractivity contribution >= 4 is 49.8 Å². The highest BCUT2D eigenvalue weighted by atomic mass is 32.2. The molecule has 1 amide bonds. The van der Waals surface area contributed by atoms with E-state index in [0.717, 1.165) is 20.0 Å². The maximum atomic E-state index is 13.4. The molecule has 11 heteroatoms. The summed E-state index contributed by atoms with van der Waals surface area (Å²) in [6.45, 7) is 5.72. The summed E-state index contributed by atoms with van der Waals surface area (Å²) in [5, 5.41) is 11.1. The van der Waals surface area contributed by atoms with E-state index < -0.39 is 22.5 Å². The van der Waals surface area contributed by atoms with Crippen LogP contribution >= 0.6 is 23.1 Å². The Bertz CT molecular complexity index is 1180. The molecule has 1 N–H and O–H groups in total. The molecule has 3 aromatic rings. The number of sulfonamides is 1. The Labute approximate surface area is 202 Å². The molecule has 0 radical (unpaired) electrons. The fraction of sp³-hybridized carbons (Fsp3) is 0.318. The minimum Gasteiger partial charge on any atom is -0.497 e. The molecule has 0 aliphatic carbocycles. The lowest BCUT2D eigenvalue weighted by molar-refractivity contribution is -0.114. The molecule has 0 fully saturated rings. The number of carbonyl (C=O) groups is 1. The van der Waals surface area contributed by atoms with E-state index in [1.807, 2.05) is 6.92 Å². The Hall–Kier alpha value is -2.63. The number of nitrogens with one attached hydrogen (secondary N) is 1. The van der Waals surface area contributed by atoms with Crippen LogP contribution in [0.4, 0.5) is 10.8 Å². The number of nitrogens with zero attached hydrogens (tertiary/aromatic N) is 3. The molecular formula is C22H26N4O4S3. The van der Waals surface area contributed by atoms with Gasteiger partial charge in [-0.3, -0.25) is 14.4 Å². The lowest BCUT2D eigenvalue weighted by atomic mass is 10.2. The average Bonchev–Trinajstić information content (AvgIpc) is 3.24. The number of hydrogen-bond acceptors (Lipinski definition) is 8. The van der Waals surface area contributed by atoms with Gasteiger partial charge in [-0.1, -0.05) is 54.6 Å². The van der Waals surface area contributed by atoms with Crippen molar-refractivity contribution < 1.29 is 17.9 Å². The third kappa shape index (κ3) is 6.68. The van der Waals surface area contributed by atoms with E-state index in [-0.39, 0.29) is 4.90 Å². The van der Waals surface area contributed by atoms with Gasteiger partial charge in [-0.2, -0.15) is 0 Å². The number of rotatable bonds is 10. The highest BCUT2D eigenvalue weighted by Gasteiger charge is 2.27.